The molecule has 0 aliphatic heterocycles. The summed E-state index contributed by atoms with van der Waals surface area (Å²) < 4.78 is 5.90. The highest BCUT2D eigenvalue weighted by molar-refractivity contribution is 5.87. The van der Waals surface area contributed by atoms with Gasteiger partial charge in [0.1, 0.15) is 0 Å². The highest BCUT2D eigenvalue weighted by Crippen LogP contribution is 2.45. The standard InChI is InChI=1S/C39H71N5O4/c1-8-11-13-15-17-18-20-22-24-31(23-21-19-16-14-12-9-2)27-48-37(47)42-32-25-38(5,6)28-39(7,26-32)29-40-36(46)44-35-41-30(4)33(10-3)34(45)43-35/h31-32H,8-29H2,1-7H3,(H,42,47)(H3,40,41,43,44,45,46). The van der Waals surface area contributed by atoms with E-state index in [0.29, 0.717) is 36.7 Å². The molecule has 1 saturated carbocycles. The number of aromatic nitrogens is 2. The molecule has 3 amide bonds. The highest BCUT2D eigenvalue weighted by Gasteiger charge is 2.42. The van der Waals surface area contributed by atoms with Gasteiger partial charge in [0.05, 0.1) is 6.61 Å². The third-order valence-electron chi connectivity index (χ3n) is 10.1. The maximum atomic E-state index is 13.1. The van der Waals surface area contributed by atoms with E-state index < -0.39 is 6.03 Å². The van der Waals surface area contributed by atoms with Crippen molar-refractivity contribution in [3.63, 3.8) is 0 Å². The Morgan fingerprint density at radius 1 is 0.875 bits per heavy atom. The Labute approximate surface area is 292 Å². The summed E-state index contributed by atoms with van der Waals surface area (Å²) in [4.78, 5) is 45.2. The second-order valence-electron chi connectivity index (χ2n) is 15.8. The fourth-order valence-corrected chi connectivity index (χ4v) is 7.89. The van der Waals surface area contributed by atoms with Crippen molar-refractivity contribution in [2.45, 2.75) is 183 Å². The van der Waals surface area contributed by atoms with Gasteiger partial charge in [-0.05, 0) is 62.2 Å². The Balaban J connectivity index is 1.86. The lowest BCUT2D eigenvalue weighted by Crippen LogP contribution is -2.51. The van der Waals surface area contributed by atoms with Crippen LogP contribution in [0, 0.1) is 23.7 Å². The Kier molecular flexibility index (Phi) is 19.2. The maximum absolute atomic E-state index is 13.1. The molecule has 3 atom stereocenters. The van der Waals surface area contributed by atoms with E-state index in [1.807, 2.05) is 6.92 Å². The van der Waals surface area contributed by atoms with Crippen LogP contribution in [-0.2, 0) is 11.2 Å². The van der Waals surface area contributed by atoms with Crippen LogP contribution in [0.25, 0.3) is 0 Å². The molecule has 48 heavy (non-hydrogen) atoms. The van der Waals surface area contributed by atoms with Gasteiger partial charge in [0.2, 0.25) is 5.95 Å². The lowest BCUT2D eigenvalue weighted by Gasteiger charge is -2.46. The number of nitrogens with one attached hydrogen (secondary N) is 4. The minimum atomic E-state index is -0.414. The molecule has 9 nitrogen and oxygen atoms in total. The monoisotopic (exact) mass is 674 g/mol. The van der Waals surface area contributed by atoms with Crippen LogP contribution in [-0.4, -0.2) is 41.3 Å². The molecule has 276 valence electrons. The van der Waals surface area contributed by atoms with Crippen LogP contribution in [0.3, 0.4) is 0 Å². The van der Waals surface area contributed by atoms with Gasteiger partial charge in [-0.3, -0.25) is 15.1 Å². The van der Waals surface area contributed by atoms with Gasteiger partial charge >= 0.3 is 12.1 Å². The molecule has 0 saturated heterocycles. The van der Waals surface area contributed by atoms with Crippen LogP contribution in [0.4, 0.5) is 15.5 Å². The number of hydrogen-bond acceptors (Lipinski definition) is 5. The van der Waals surface area contributed by atoms with E-state index >= 15 is 0 Å². The average Bonchev–Trinajstić information content (AvgIpc) is 3.00. The van der Waals surface area contributed by atoms with Gasteiger partial charge in [-0.2, -0.15) is 0 Å². The number of hydrogen-bond donors (Lipinski definition) is 4. The molecule has 1 aromatic heterocycles. The first-order valence-corrected chi connectivity index (χ1v) is 19.5. The number of amides is 3. The molecule has 3 unspecified atom stereocenters. The SMILES string of the molecule is CCCCCCCCCCC(CCCCCCCC)COC(=O)NC1CC(C)(C)CC(C)(CNC(=O)Nc2nc(C)c(CC)c(=O)[nH]2)C1. The number of aromatic amines is 1. The quantitative estimate of drug-likeness (QED) is 0.0861. The second-order valence-corrected chi connectivity index (χ2v) is 15.8. The molecule has 1 aromatic rings. The number of alkyl carbamates (subject to hydrolysis) is 1. The fourth-order valence-electron chi connectivity index (χ4n) is 7.89. The number of urea groups is 1. The maximum Gasteiger partial charge on any atom is 0.407 e. The summed E-state index contributed by atoms with van der Waals surface area (Å²) in [5.41, 5.74) is 0.757. The van der Waals surface area contributed by atoms with Crippen LogP contribution < -0.4 is 21.5 Å². The number of rotatable bonds is 23. The molecule has 0 aromatic carbocycles. The molecular weight excluding hydrogens is 602 g/mol. The molecule has 1 heterocycles. The summed E-state index contributed by atoms with van der Waals surface area (Å²) in [6.45, 7) is 15.7. The second kappa shape index (κ2) is 22.2. The summed E-state index contributed by atoms with van der Waals surface area (Å²) in [5.74, 6) is 0.560. The zero-order chi connectivity index (χ0) is 35.4. The average molecular weight is 674 g/mol. The van der Waals surface area contributed by atoms with Gasteiger partial charge in [-0.15, -0.1) is 0 Å². The van der Waals surface area contributed by atoms with E-state index in [1.165, 1.54) is 89.9 Å². The first-order valence-electron chi connectivity index (χ1n) is 19.5. The molecule has 1 aliphatic rings. The molecule has 0 spiro atoms. The van der Waals surface area contributed by atoms with Crippen molar-refractivity contribution >= 4 is 18.1 Å². The van der Waals surface area contributed by atoms with Gasteiger partial charge in [0, 0.05) is 23.8 Å². The first kappa shape index (κ1) is 41.6. The van der Waals surface area contributed by atoms with E-state index in [1.54, 1.807) is 6.92 Å². The van der Waals surface area contributed by atoms with Crippen LogP contribution in [0.2, 0.25) is 0 Å². The van der Waals surface area contributed by atoms with Crippen molar-refractivity contribution < 1.29 is 14.3 Å². The van der Waals surface area contributed by atoms with Gasteiger partial charge in [-0.25, -0.2) is 14.6 Å². The molecule has 0 bridgehead atoms. The molecular formula is C39H71N5O4. The number of carbonyl (C=O) groups excluding carboxylic acids is 2. The van der Waals surface area contributed by atoms with Crippen molar-refractivity contribution in [1.29, 1.82) is 0 Å². The Morgan fingerprint density at radius 2 is 1.44 bits per heavy atom. The van der Waals surface area contributed by atoms with Gasteiger partial charge in [0.25, 0.3) is 5.56 Å². The number of unbranched alkanes of at least 4 members (excludes halogenated alkanes) is 12. The minimum absolute atomic E-state index is 0.0140. The summed E-state index contributed by atoms with van der Waals surface area (Å²) in [6.07, 6.45) is 23.2. The van der Waals surface area contributed by atoms with Crippen LogP contribution in [0.5, 0.6) is 0 Å². The smallest absolute Gasteiger partial charge is 0.407 e. The summed E-state index contributed by atoms with van der Waals surface area (Å²) >= 11 is 0. The predicted octanol–water partition coefficient (Wildman–Crippen LogP) is 9.97. The third kappa shape index (κ3) is 16.7. The normalized spacial score (nSPS) is 19.4. The Morgan fingerprint density at radius 3 is 1.98 bits per heavy atom. The van der Waals surface area contributed by atoms with Crippen molar-refractivity contribution in [3.05, 3.63) is 21.6 Å². The molecule has 1 aliphatic carbocycles. The van der Waals surface area contributed by atoms with E-state index in [0.717, 1.165) is 32.1 Å². The Bertz CT molecular complexity index is 1140. The van der Waals surface area contributed by atoms with Crippen LogP contribution in [0.15, 0.2) is 4.79 Å². The van der Waals surface area contributed by atoms with E-state index in [2.05, 4.69) is 60.5 Å². The third-order valence-corrected chi connectivity index (χ3v) is 10.1. The van der Waals surface area contributed by atoms with E-state index in [4.69, 9.17) is 4.74 Å². The van der Waals surface area contributed by atoms with E-state index in [-0.39, 0.29) is 34.5 Å². The highest BCUT2D eigenvalue weighted by atomic mass is 16.5. The molecule has 4 N–H and O–H groups in total. The number of anilines is 1. The van der Waals surface area contributed by atoms with Gasteiger partial charge < -0.3 is 15.4 Å². The minimum Gasteiger partial charge on any atom is -0.449 e. The molecule has 0 radical (unpaired) electrons. The number of nitrogens with zero attached hydrogens (tertiary/aromatic N) is 1. The number of H-pyrrole nitrogens is 1. The van der Waals surface area contributed by atoms with Crippen LogP contribution in [0.1, 0.15) is 175 Å². The lowest BCUT2D eigenvalue weighted by atomic mass is 9.62. The van der Waals surface area contributed by atoms with Crippen molar-refractivity contribution in [3.8, 4) is 0 Å². The molecule has 1 fully saturated rings. The molecule has 2 rings (SSSR count). The largest absolute Gasteiger partial charge is 0.449 e. The van der Waals surface area contributed by atoms with Crippen molar-refractivity contribution in [1.82, 2.24) is 20.6 Å². The van der Waals surface area contributed by atoms with E-state index in [9.17, 15) is 14.4 Å². The summed E-state index contributed by atoms with van der Waals surface area (Å²) in [7, 11) is 0. The first-order chi connectivity index (χ1) is 22.9. The number of carbonyl (C=O) groups is 2. The predicted molar refractivity (Wildman–Crippen MR) is 199 cm³/mol. The topological polar surface area (TPSA) is 125 Å². The number of ether oxygens (including phenoxy) is 1. The zero-order valence-corrected chi connectivity index (χ0v) is 31.8. The van der Waals surface area contributed by atoms with Gasteiger partial charge in [-0.1, -0.05) is 131 Å². The Hall–Kier alpha value is -2.58. The molecule has 9 heteroatoms. The lowest BCUT2D eigenvalue weighted by molar-refractivity contribution is 0.0635. The number of aryl methyl sites for hydroxylation is 1. The van der Waals surface area contributed by atoms with Crippen LogP contribution >= 0.6 is 0 Å². The van der Waals surface area contributed by atoms with Crippen molar-refractivity contribution in [2.24, 2.45) is 16.7 Å². The zero-order valence-electron chi connectivity index (χ0n) is 31.8. The summed E-state index contributed by atoms with van der Waals surface area (Å²) in [5, 5.41) is 8.84. The van der Waals surface area contributed by atoms with Crippen molar-refractivity contribution in [2.75, 3.05) is 18.5 Å². The summed E-state index contributed by atoms with van der Waals surface area (Å²) in [6, 6.07) is -0.452. The van der Waals surface area contributed by atoms with Gasteiger partial charge in [0.15, 0.2) is 0 Å². The fraction of sp³-hybridized carbons (Fsp3) is 0.846.